The molecule has 0 saturated heterocycles. The Bertz CT molecular complexity index is 776. The molecule has 2 aromatic rings. The fourth-order valence-electron chi connectivity index (χ4n) is 2.19. The maximum Gasteiger partial charge on any atom is 0.244 e. The van der Waals surface area contributed by atoms with E-state index >= 15 is 0 Å². The fraction of sp³-hybridized carbons (Fsp3) is 0.176. The molecule has 2 aromatic carbocycles. The number of carbonyl (C=O) groups excluding carboxylic acids is 2. The lowest BCUT2D eigenvalue weighted by molar-refractivity contribution is -0.120. The van der Waals surface area contributed by atoms with Crippen LogP contribution in [0, 0.1) is 18.6 Å². The summed E-state index contributed by atoms with van der Waals surface area (Å²) in [5.74, 6) is -2.91. The Hall–Kier alpha value is -2.47. The average Bonchev–Trinajstić information content (AvgIpc) is 2.51. The summed E-state index contributed by atoms with van der Waals surface area (Å²) in [6, 6.07) is 8.20. The third-order valence-electron chi connectivity index (χ3n) is 3.44. The molecule has 0 fully saturated rings. The summed E-state index contributed by atoms with van der Waals surface area (Å²) in [4.78, 5) is 25.2. The molecule has 24 heavy (non-hydrogen) atoms. The van der Waals surface area contributed by atoms with Crippen LogP contribution in [-0.2, 0) is 9.59 Å². The minimum absolute atomic E-state index is 0.399. The maximum absolute atomic E-state index is 13.6. The Labute approximate surface area is 143 Å². The summed E-state index contributed by atoms with van der Waals surface area (Å²) in [7, 11) is 0. The van der Waals surface area contributed by atoms with Crippen molar-refractivity contribution in [2.45, 2.75) is 13.8 Å². The van der Waals surface area contributed by atoms with Crippen molar-refractivity contribution in [3.63, 3.8) is 0 Å². The largest absolute Gasteiger partial charge is 0.320 e. The normalized spacial score (nSPS) is 10.4. The van der Waals surface area contributed by atoms with E-state index in [-0.39, 0.29) is 0 Å². The van der Waals surface area contributed by atoms with E-state index in [9.17, 15) is 18.4 Å². The van der Waals surface area contributed by atoms with Gasteiger partial charge < -0.3 is 10.2 Å². The van der Waals surface area contributed by atoms with Crippen LogP contribution in [0.1, 0.15) is 12.5 Å². The van der Waals surface area contributed by atoms with Crippen molar-refractivity contribution < 1.29 is 18.4 Å². The smallest absolute Gasteiger partial charge is 0.244 e. The lowest BCUT2D eigenvalue weighted by Gasteiger charge is -2.23. The zero-order chi connectivity index (χ0) is 17.9. The summed E-state index contributed by atoms with van der Waals surface area (Å²) in [5, 5.41) is 2.60. The fourth-order valence-corrected chi connectivity index (χ4v) is 2.36. The lowest BCUT2D eigenvalue weighted by Crippen LogP contribution is -2.37. The Balaban J connectivity index is 2.24. The topological polar surface area (TPSA) is 49.4 Å². The van der Waals surface area contributed by atoms with E-state index in [2.05, 4.69) is 5.32 Å². The molecule has 0 radical (unpaired) electrons. The van der Waals surface area contributed by atoms with E-state index in [1.54, 1.807) is 25.1 Å². The minimum Gasteiger partial charge on any atom is -0.320 e. The molecule has 1 N–H and O–H groups in total. The molecule has 0 aliphatic carbocycles. The van der Waals surface area contributed by atoms with Crippen LogP contribution in [0.5, 0.6) is 0 Å². The van der Waals surface area contributed by atoms with Crippen molar-refractivity contribution in [3.8, 4) is 0 Å². The van der Waals surface area contributed by atoms with Crippen molar-refractivity contribution in [1.29, 1.82) is 0 Å². The van der Waals surface area contributed by atoms with Crippen molar-refractivity contribution in [3.05, 3.63) is 58.6 Å². The molecule has 0 heterocycles. The van der Waals surface area contributed by atoms with Gasteiger partial charge in [-0.05, 0) is 36.8 Å². The molecule has 0 unspecified atom stereocenters. The predicted octanol–water partition coefficient (Wildman–Crippen LogP) is 3.92. The quantitative estimate of drug-likeness (QED) is 0.906. The van der Waals surface area contributed by atoms with Crippen LogP contribution >= 0.6 is 11.6 Å². The molecule has 0 bridgehead atoms. The molecule has 0 spiro atoms. The molecular weight excluding hydrogens is 338 g/mol. The van der Waals surface area contributed by atoms with E-state index < -0.39 is 35.7 Å². The van der Waals surface area contributed by atoms with Gasteiger partial charge in [0.2, 0.25) is 11.8 Å². The summed E-state index contributed by atoms with van der Waals surface area (Å²) in [5.41, 5.74) is 0.534. The van der Waals surface area contributed by atoms with Gasteiger partial charge in [-0.25, -0.2) is 8.78 Å². The summed E-state index contributed by atoms with van der Waals surface area (Å²) >= 11 is 6.03. The number of nitrogens with zero attached hydrogens (tertiary/aromatic N) is 1. The molecule has 2 rings (SSSR count). The van der Waals surface area contributed by atoms with Crippen LogP contribution in [0.2, 0.25) is 5.02 Å². The number of carbonyl (C=O) groups is 2. The third kappa shape index (κ3) is 3.89. The zero-order valence-electron chi connectivity index (χ0n) is 13.1. The van der Waals surface area contributed by atoms with Gasteiger partial charge in [-0.2, -0.15) is 0 Å². The summed E-state index contributed by atoms with van der Waals surface area (Å²) < 4.78 is 27.2. The second-order valence-electron chi connectivity index (χ2n) is 5.13. The third-order valence-corrected chi connectivity index (χ3v) is 3.85. The molecular formula is C17H15ClF2N2O2. The second-order valence-corrected chi connectivity index (χ2v) is 5.54. The number of hydrogen-bond acceptors (Lipinski definition) is 2. The summed E-state index contributed by atoms with van der Waals surface area (Å²) in [6.45, 7) is 2.60. The van der Waals surface area contributed by atoms with Crippen molar-refractivity contribution in [1.82, 2.24) is 0 Å². The highest BCUT2D eigenvalue weighted by Gasteiger charge is 2.20. The second kappa shape index (κ2) is 7.40. The number of rotatable bonds is 4. The number of para-hydroxylation sites is 1. The predicted molar refractivity (Wildman–Crippen MR) is 89.2 cm³/mol. The number of benzene rings is 2. The molecule has 126 valence electrons. The van der Waals surface area contributed by atoms with Gasteiger partial charge in [0.1, 0.15) is 23.9 Å². The van der Waals surface area contributed by atoms with Crippen LogP contribution < -0.4 is 10.2 Å². The Morgan fingerprint density at radius 2 is 1.71 bits per heavy atom. The van der Waals surface area contributed by atoms with Crippen LogP contribution in [0.4, 0.5) is 20.2 Å². The molecule has 4 nitrogen and oxygen atoms in total. The monoisotopic (exact) mass is 352 g/mol. The molecule has 0 aromatic heterocycles. The average molecular weight is 353 g/mol. The van der Waals surface area contributed by atoms with Gasteiger partial charge in [0, 0.05) is 17.6 Å². The van der Waals surface area contributed by atoms with E-state index in [1.807, 2.05) is 0 Å². The Morgan fingerprint density at radius 1 is 1.12 bits per heavy atom. The molecule has 0 aliphatic heterocycles. The number of nitrogens with one attached hydrogen (secondary N) is 1. The van der Waals surface area contributed by atoms with Crippen molar-refractivity contribution >= 4 is 34.8 Å². The van der Waals surface area contributed by atoms with Crippen LogP contribution in [0.3, 0.4) is 0 Å². The van der Waals surface area contributed by atoms with Crippen LogP contribution in [0.25, 0.3) is 0 Å². The highest BCUT2D eigenvalue weighted by Crippen LogP contribution is 2.27. The first-order valence-electron chi connectivity index (χ1n) is 7.08. The number of amides is 2. The maximum atomic E-state index is 13.6. The standard InChI is InChI=1S/C17H15ClF2N2O2/c1-10-12(18)5-3-8-15(10)22(11(2)23)9-16(24)21-17-13(19)6-4-7-14(17)20/h3-8H,9H2,1-2H3,(H,21,24). The van der Waals surface area contributed by atoms with E-state index in [4.69, 9.17) is 11.6 Å². The first kappa shape index (κ1) is 17.9. The molecule has 2 amide bonds. The van der Waals surface area contributed by atoms with E-state index in [0.29, 0.717) is 16.3 Å². The van der Waals surface area contributed by atoms with Crippen molar-refractivity contribution in [2.24, 2.45) is 0 Å². The van der Waals surface area contributed by atoms with Gasteiger partial charge >= 0.3 is 0 Å². The first-order chi connectivity index (χ1) is 11.3. The van der Waals surface area contributed by atoms with E-state index in [1.165, 1.54) is 17.9 Å². The van der Waals surface area contributed by atoms with Crippen molar-refractivity contribution in [2.75, 3.05) is 16.8 Å². The molecule has 0 saturated carbocycles. The van der Waals surface area contributed by atoms with Gasteiger partial charge in [-0.1, -0.05) is 23.7 Å². The van der Waals surface area contributed by atoms with Crippen LogP contribution in [-0.4, -0.2) is 18.4 Å². The summed E-state index contributed by atoms with van der Waals surface area (Å²) in [6.07, 6.45) is 0. The van der Waals surface area contributed by atoms with Gasteiger partial charge in [0.25, 0.3) is 0 Å². The van der Waals surface area contributed by atoms with Gasteiger partial charge in [-0.15, -0.1) is 0 Å². The Morgan fingerprint density at radius 3 is 2.29 bits per heavy atom. The number of halogens is 3. The lowest BCUT2D eigenvalue weighted by atomic mass is 10.1. The molecule has 0 atom stereocenters. The number of hydrogen-bond donors (Lipinski definition) is 1. The highest BCUT2D eigenvalue weighted by atomic mass is 35.5. The van der Waals surface area contributed by atoms with Gasteiger partial charge in [0.15, 0.2) is 0 Å². The van der Waals surface area contributed by atoms with Crippen LogP contribution in [0.15, 0.2) is 36.4 Å². The zero-order valence-corrected chi connectivity index (χ0v) is 13.8. The minimum atomic E-state index is -0.892. The number of anilines is 2. The van der Waals surface area contributed by atoms with Gasteiger partial charge in [0.05, 0.1) is 0 Å². The van der Waals surface area contributed by atoms with E-state index in [0.717, 1.165) is 12.1 Å². The first-order valence-corrected chi connectivity index (χ1v) is 7.46. The molecule has 7 heteroatoms. The molecule has 0 aliphatic rings. The van der Waals surface area contributed by atoms with Gasteiger partial charge in [-0.3, -0.25) is 9.59 Å². The Kier molecular flexibility index (Phi) is 5.51. The SMILES string of the molecule is CC(=O)N(CC(=O)Nc1c(F)cccc1F)c1cccc(Cl)c1C. The highest BCUT2D eigenvalue weighted by molar-refractivity contribution is 6.31.